The molecule has 7 nitrogen and oxygen atoms in total. The molecule has 0 saturated carbocycles. The molecular formula is C18H12N2O5. The van der Waals surface area contributed by atoms with Gasteiger partial charge in [-0.15, -0.1) is 0 Å². The highest BCUT2D eigenvalue weighted by molar-refractivity contribution is 6.08. The monoisotopic (exact) mass is 336 g/mol. The van der Waals surface area contributed by atoms with Crippen LogP contribution >= 0.6 is 0 Å². The summed E-state index contributed by atoms with van der Waals surface area (Å²) >= 11 is 0. The Morgan fingerprint density at radius 3 is 2.24 bits per heavy atom. The summed E-state index contributed by atoms with van der Waals surface area (Å²) in [5.74, 6) is -2.90. The maximum atomic E-state index is 12.9. The molecule has 0 atom stereocenters. The predicted molar refractivity (Wildman–Crippen MR) is 87.8 cm³/mol. The molecule has 2 aromatic carbocycles. The van der Waals surface area contributed by atoms with Crippen molar-refractivity contribution >= 4 is 17.8 Å². The summed E-state index contributed by atoms with van der Waals surface area (Å²) in [5, 5.41) is 18.4. The lowest BCUT2D eigenvalue weighted by Crippen LogP contribution is -2.18. The second-order valence-corrected chi connectivity index (χ2v) is 5.16. The third kappa shape index (κ3) is 3.02. The first-order valence-electron chi connectivity index (χ1n) is 7.23. The van der Waals surface area contributed by atoms with Crippen LogP contribution in [0.1, 0.15) is 31.1 Å². The number of rotatable bonds is 4. The average molecular weight is 336 g/mol. The molecule has 3 rings (SSSR count). The highest BCUT2D eigenvalue weighted by atomic mass is 16.4. The van der Waals surface area contributed by atoms with Gasteiger partial charge >= 0.3 is 11.9 Å². The van der Waals surface area contributed by atoms with Gasteiger partial charge in [-0.3, -0.25) is 9.36 Å². The van der Waals surface area contributed by atoms with Crippen molar-refractivity contribution in [2.75, 3.05) is 0 Å². The van der Waals surface area contributed by atoms with Crippen LogP contribution in [0.15, 0.2) is 60.9 Å². The van der Waals surface area contributed by atoms with Crippen molar-refractivity contribution in [3.63, 3.8) is 0 Å². The largest absolute Gasteiger partial charge is 0.478 e. The van der Waals surface area contributed by atoms with Crippen molar-refractivity contribution in [2.24, 2.45) is 0 Å². The number of hydrogen-bond donors (Lipinski definition) is 2. The van der Waals surface area contributed by atoms with Crippen LogP contribution in [0.5, 0.6) is 0 Å². The number of nitrogens with zero attached hydrogens (tertiary/aromatic N) is 2. The molecule has 0 amide bonds. The number of carbonyl (C=O) groups is 3. The van der Waals surface area contributed by atoms with Crippen LogP contribution in [0.4, 0.5) is 0 Å². The highest BCUT2D eigenvalue weighted by Crippen LogP contribution is 2.20. The maximum absolute atomic E-state index is 12.9. The number of carboxylic acids is 2. The number of aromatic nitrogens is 2. The van der Waals surface area contributed by atoms with Crippen LogP contribution in [0.25, 0.3) is 11.4 Å². The van der Waals surface area contributed by atoms with Crippen molar-refractivity contribution in [1.82, 2.24) is 9.55 Å². The molecule has 2 N–H and O–H groups in total. The quantitative estimate of drug-likeness (QED) is 0.758. The summed E-state index contributed by atoms with van der Waals surface area (Å²) < 4.78 is 1.20. The molecule has 0 unspecified atom stereocenters. The van der Waals surface area contributed by atoms with Crippen LogP contribution in [0.3, 0.4) is 0 Å². The first-order valence-corrected chi connectivity index (χ1v) is 7.23. The zero-order valence-corrected chi connectivity index (χ0v) is 12.8. The lowest BCUT2D eigenvalue weighted by molar-refractivity contribution is 0.0678. The highest BCUT2D eigenvalue weighted by Gasteiger charge is 2.22. The Bertz CT molecular complexity index is 976. The van der Waals surface area contributed by atoms with Gasteiger partial charge in [-0.05, 0) is 18.2 Å². The van der Waals surface area contributed by atoms with E-state index in [9.17, 15) is 19.5 Å². The number of hydrogen-bond acceptors (Lipinski definition) is 4. The van der Waals surface area contributed by atoms with Crippen LogP contribution in [0.2, 0.25) is 0 Å². The molecule has 0 aliphatic heterocycles. The van der Waals surface area contributed by atoms with Gasteiger partial charge in [-0.1, -0.05) is 30.3 Å². The Morgan fingerprint density at radius 1 is 0.880 bits per heavy atom. The first kappa shape index (κ1) is 16.1. The van der Waals surface area contributed by atoms with Crippen molar-refractivity contribution in [1.29, 1.82) is 0 Å². The van der Waals surface area contributed by atoms with Crippen molar-refractivity contribution < 1.29 is 24.6 Å². The molecule has 0 bridgehead atoms. The second kappa shape index (κ2) is 6.40. The average Bonchev–Trinajstić information content (AvgIpc) is 3.11. The summed E-state index contributed by atoms with van der Waals surface area (Å²) in [6.07, 6.45) is 2.82. The van der Waals surface area contributed by atoms with Crippen molar-refractivity contribution in [3.05, 3.63) is 77.6 Å². The van der Waals surface area contributed by atoms with Crippen molar-refractivity contribution in [3.8, 4) is 11.4 Å². The second-order valence-electron chi connectivity index (χ2n) is 5.16. The van der Waals surface area contributed by atoms with Crippen LogP contribution in [0, 0.1) is 0 Å². The van der Waals surface area contributed by atoms with Crippen LogP contribution in [-0.2, 0) is 0 Å². The summed E-state index contributed by atoms with van der Waals surface area (Å²) in [6, 6.07) is 12.2. The van der Waals surface area contributed by atoms with Gasteiger partial charge in [0.15, 0.2) is 0 Å². The predicted octanol–water partition coefficient (Wildman–Crippen LogP) is 2.64. The molecule has 0 radical (unpaired) electrons. The van der Waals surface area contributed by atoms with E-state index in [0.29, 0.717) is 11.4 Å². The fourth-order valence-corrected chi connectivity index (χ4v) is 2.44. The zero-order chi connectivity index (χ0) is 18.0. The van der Waals surface area contributed by atoms with Crippen LogP contribution in [-0.4, -0.2) is 37.6 Å². The standard InChI is InChI=1S/C18H12N2O5/c21-16(14-10-12(17(22)23)6-7-13(14)18(24)25)20-9-8-19-15(20)11-4-2-1-3-5-11/h1-10H,(H,22,23)(H,24,25). The van der Waals surface area contributed by atoms with E-state index in [-0.39, 0.29) is 16.7 Å². The van der Waals surface area contributed by atoms with E-state index in [4.69, 9.17) is 5.11 Å². The number of benzene rings is 2. The van der Waals surface area contributed by atoms with Gasteiger partial charge in [0.1, 0.15) is 5.82 Å². The van der Waals surface area contributed by atoms with Gasteiger partial charge in [0, 0.05) is 18.0 Å². The summed E-state index contributed by atoms with van der Waals surface area (Å²) in [4.78, 5) is 39.6. The lowest BCUT2D eigenvalue weighted by atomic mass is 10.0. The van der Waals surface area contributed by atoms with Gasteiger partial charge in [0.25, 0.3) is 5.91 Å². The Labute approximate surface area is 141 Å². The third-order valence-electron chi connectivity index (χ3n) is 3.62. The molecule has 0 aliphatic carbocycles. The van der Waals surface area contributed by atoms with E-state index >= 15 is 0 Å². The van der Waals surface area contributed by atoms with E-state index < -0.39 is 17.8 Å². The molecule has 3 aromatic rings. The smallest absolute Gasteiger partial charge is 0.336 e. The molecular weight excluding hydrogens is 324 g/mol. The summed E-state index contributed by atoms with van der Waals surface area (Å²) in [6.45, 7) is 0. The van der Waals surface area contributed by atoms with Crippen LogP contribution < -0.4 is 0 Å². The van der Waals surface area contributed by atoms with E-state index in [1.54, 1.807) is 24.3 Å². The normalized spacial score (nSPS) is 10.4. The van der Waals surface area contributed by atoms with E-state index in [1.165, 1.54) is 17.0 Å². The Balaban J connectivity index is 2.14. The summed E-state index contributed by atoms with van der Waals surface area (Å²) in [5.41, 5.74) is 0.00660. The van der Waals surface area contributed by atoms with Gasteiger partial charge < -0.3 is 10.2 Å². The molecule has 0 aliphatic rings. The van der Waals surface area contributed by atoms with E-state index in [0.717, 1.165) is 18.2 Å². The number of imidazole rings is 1. The molecule has 0 spiro atoms. The minimum absolute atomic E-state index is 0.172. The first-order chi connectivity index (χ1) is 12.0. The fraction of sp³-hybridized carbons (Fsp3) is 0. The molecule has 0 saturated heterocycles. The molecule has 1 heterocycles. The maximum Gasteiger partial charge on any atom is 0.336 e. The Kier molecular flexibility index (Phi) is 4.13. The molecule has 124 valence electrons. The van der Waals surface area contributed by atoms with Gasteiger partial charge in [0.2, 0.25) is 0 Å². The lowest BCUT2D eigenvalue weighted by Gasteiger charge is -2.10. The fourth-order valence-electron chi connectivity index (χ4n) is 2.44. The minimum atomic E-state index is -1.32. The number of carboxylic acid groups (broad SMARTS) is 2. The molecule has 0 fully saturated rings. The Hall–Kier alpha value is -3.74. The van der Waals surface area contributed by atoms with E-state index in [2.05, 4.69) is 4.98 Å². The van der Waals surface area contributed by atoms with Gasteiger partial charge in [-0.2, -0.15) is 0 Å². The van der Waals surface area contributed by atoms with Gasteiger partial charge in [0.05, 0.1) is 16.7 Å². The zero-order valence-electron chi connectivity index (χ0n) is 12.8. The SMILES string of the molecule is O=C(O)c1ccc(C(=O)O)c(C(=O)n2ccnc2-c2ccccc2)c1. The minimum Gasteiger partial charge on any atom is -0.478 e. The topological polar surface area (TPSA) is 109 Å². The van der Waals surface area contributed by atoms with E-state index in [1.807, 2.05) is 6.07 Å². The summed E-state index contributed by atoms with van der Waals surface area (Å²) in [7, 11) is 0. The Morgan fingerprint density at radius 2 is 1.60 bits per heavy atom. The molecule has 25 heavy (non-hydrogen) atoms. The van der Waals surface area contributed by atoms with Gasteiger partial charge in [-0.25, -0.2) is 14.6 Å². The number of aromatic carboxylic acids is 2. The molecule has 7 heteroatoms. The number of carbonyl (C=O) groups excluding carboxylic acids is 1. The third-order valence-corrected chi connectivity index (χ3v) is 3.62. The molecule has 1 aromatic heterocycles. The van der Waals surface area contributed by atoms with Crippen molar-refractivity contribution in [2.45, 2.75) is 0 Å².